The van der Waals surface area contributed by atoms with Gasteiger partial charge in [0.2, 0.25) is 6.41 Å². The van der Waals surface area contributed by atoms with Crippen molar-refractivity contribution in [2.75, 3.05) is 26.2 Å². The molecule has 0 saturated carbocycles. The van der Waals surface area contributed by atoms with Crippen molar-refractivity contribution in [3.05, 3.63) is 53.3 Å². The lowest BCUT2D eigenvalue weighted by atomic mass is 9.79. The molecule has 1 aliphatic heterocycles. The van der Waals surface area contributed by atoms with Gasteiger partial charge >= 0.3 is 6.18 Å². The molecule has 2 aromatic heterocycles. The quantitative estimate of drug-likeness (QED) is 0.125. The first kappa shape index (κ1) is 40.9. The number of unbranched alkanes of at least 4 members (excludes halogenated alkanes) is 3. The highest BCUT2D eigenvalue weighted by Crippen LogP contribution is 2.43. The summed E-state index contributed by atoms with van der Waals surface area (Å²) in [4.78, 5) is 27.5. The molecule has 0 radical (unpaired) electrons. The molecule has 1 atom stereocenters. The molecule has 0 bridgehead atoms. The minimum Gasteiger partial charge on any atom is -0.372 e. The number of ketones is 1. The van der Waals surface area contributed by atoms with Gasteiger partial charge in [-0.1, -0.05) is 53.5 Å². The molecule has 0 spiro atoms. The molecule has 3 aromatic rings. The Bertz CT molecular complexity index is 1430. The number of Topliss-reactive ketones (excluding diaryl/α,β-unsaturated/α-hetero) is 1. The highest BCUT2D eigenvalue weighted by molar-refractivity contribution is 5.93. The van der Waals surface area contributed by atoms with E-state index in [1.165, 1.54) is 29.4 Å². The lowest BCUT2D eigenvalue weighted by Crippen LogP contribution is -2.21. The van der Waals surface area contributed by atoms with E-state index in [1.807, 2.05) is 45.0 Å². The average molecular weight is 674 g/mol. The van der Waals surface area contributed by atoms with Gasteiger partial charge in [-0.2, -0.15) is 13.2 Å². The van der Waals surface area contributed by atoms with Gasteiger partial charge in [0.1, 0.15) is 12.3 Å². The SMILES string of the molecule is CC.CCc1ncccc1-c1c(CC(C)(C)CCC(C)=O)c2cc(C3CCN(CCCCCCN)C3)ccc2n1CC(F)(F)F.NC=O. The molecule has 1 aromatic carbocycles. The van der Waals surface area contributed by atoms with Crippen molar-refractivity contribution >= 4 is 23.1 Å². The van der Waals surface area contributed by atoms with E-state index in [9.17, 15) is 18.0 Å². The summed E-state index contributed by atoms with van der Waals surface area (Å²) in [5.41, 5.74) is 14.4. The van der Waals surface area contributed by atoms with Crippen LogP contribution in [0.3, 0.4) is 0 Å². The van der Waals surface area contributed by atoms with Gasteiger partial charge in [-0.15, -0.1) is 0 Å². The van der Waals surface area contributed by atoms with Crippen LogP contribution in [0.25, 0.3) is 22.2 Å². The molecule has 0 aliphatic carbocycles. The molecular formula is C38H58F3N5O2. The smallest absolute Gasteiger partial charge is 0.372 e. The number of nitrogens with zero attached hydrogens (tertiary/aromatic N) is 3. The van der Waals surface area contributed by atoms with Gasteiger partial charge in [0.25, 0.3) is 0 Å². The first-order chi connectivity index (χ1) is 22.8. The fourth-order valence-electron chi connectivity index (χ4n) is 6.68. The van der Waals surface area contributed by atoms with E-state index < -0.39 is 12.7 Å². The number of likely N-dealkylation sites (tertiary alicyclic amines) is 1. The molecule has 1 aliphatic rings. The van der Waals surface area contributed by atoms with Crippen molar-refractivity contribution in [3.63, 3.8) is 0 Å². The number of primary amides is 1. The summed E-state index contributed by atoms with van der Waals surface area (Å²) in [5.74, 6) is 0.479. The minimum absolute atomic E-state index is 0.126. The van der Waals surface area contributed by atoms with Gasteiger partial charge in [-0.05, 0) is 112 Å². The van der Waals surface area contributed by atoms with Gasteiger partial charge in [0.15, 0.2) is 0 Å². The topological polar surface area (TPSA) is 107 Å². The van der Waals surface area contributed by atoms with Gasteiger partial charge in [0, 0.05) is 41.3 Å². The standard InChI is InChI=1S/C35H49F3N4O.C2H6.CH3NO/c1-5-31-28(11-10-18-40-31)33-30(22-34(3,4)16-14-25(2)43)29-21-26(12-13-32(29)42(33)24-35(36,37)38)27-15-20-41(23-27)19-9-7-6-8-17-39;1-2;2-1-3/h10-13,18,21,27H,5-9,14-17,19-20,22-24,39H2,1-4H3;1-2H3;1H,(H2,2,3). The fraction of sp³-hybridized carbons (Fsp3) is 0.605. The number of hydrogen-bond acceptors (Lipinski definition) is 5. The van der Waals surface area contributed by atoms with E-state index >= 15 is 0 Å². The third kappa shape index (κ3) is 12.0. The number of pyridine rings is 1. The summed E-state index contributed by atoms with van der Waals surface area (Å²) in [6.45, 7) is 14.6. The Balaban J connectivity index is 0.00000151. The number of carbonyl (C=O) groups is 2. The zero-order valence-electron chi connectivity index (χ0n) is 30.0. The third-order valence-corrected chi connectivity index (χ3v) is 8.99. The molecule has 268 valence electrons. The number of alkyl halides is 3. The predicted octanol–water partition coefficient (Wildman–Crippen LogP) is 8.20. The Morgan fingerprint density at radius 1 is 1.10 bits per heavy atom. The molecule has 1 amide bonds. The van der Waals surface area contributed by atoms with Crippen LogP contribution in [0.2, 0.25) is 0 Å². The third-order valence-electron chi connectivity index (χ3n) is 8.99. The molecule has 1 unspecified atom stereocenters. The monoisotopic (exact) mass is 673 g/mol. The lowest BCUT2D eigenvalue weighted by Gasteiger charge is -2.25. The maximum atomic E-state index is 14.2. The van der Waals surface area contributed by atoms with Crippen molar-refractivity contribution < 1.29 is 22.8 Å². The second-order valence-electron chi connectivity index (χ2n) is 13.3. The van der Waals surface area contributed by atoms with Crippen molar-refractivity contribution in [2.45, 2.75) is 118 Å². The Hall–Kier alpha value is -3.24. The summed E-state index contributed by atoms with van der Waals surface area (Å²) >= 11 is 0. The maximum absolute atomic E-state index is 14.2. The molecule has 48 heavy (non-hydrogen) atoms. The van der Waals surface area contributed by atoms with Gasteiger partial charge < -0.3 is 25.7 Å². The highest BCUT2D eigenvalue weighted by atomic mass is 19.4. The minimum atomic E-state index is -4.38. The number of amides is 1. The second-order valence-corrected chi connectivity index (χ2v) is 13.3. The number of halogens is 3. The lowest BCUT2D eigenvalue weighted by molar-refractivity contribution is -0.139. The van der Waals surface area contributed by atoms with E-state index in [-0.39, 0.29) is 17.6 Å². The zero-order valence-corrected chi connectivity index (χ0v) is 30.0. The van der Waals surface area contributed by atoms with Crippen LogP contribution in [0.4, 0.5) is 13.2 Å². The Morgan fingerprint density at radius 3 is 2.42 bits per heavy atom. The molecule has 1 fully saturated rings. The van der Waals surface area contributed by atoms with E-state index in [2.05, 4.69) is 35.5 Å². The number of nitrogens with two attached hydrogens (primary N) is 2. The van der Waals surface area contributed by atoms with Crippen molar-refractivity contribution in [1.82, 2.24) is 14.5 Å². The number of carbonyl (C=O) groups excluding carboxylic acids is 2. The van der Waals surface area contributed by atoms with Crippen molar-refractivity contribution in [2.24, 2.45) is 16.9 Å². The van der Waals surface area contributed by atoms with Crippen LogP contribution < -0.4 is 11.5 Å². The summed E-state index contributed by atoms with van der Waals surface area (Å²) in [5, 5.41) is 0.888. The van der Waals surface area contributed by atoms with Crippen LogP contribution >= 0.6 is 0 Å². The Kier molecular flexibility index (Phi) is 16.8. The van der Waals surface area contributed by atoms with Crippen LogP contribution in [0.5, 0.6) is 0 Å². The number of benzene rings is 1. The predicted molar refractivity (Wildman–Crippen MR) is 191 cm³/mol. The molecular weight excluding hydrogens is 615 g/mol. The van der Waals surface area contributed by atoms with Crippen LogP contribution in [-0.2, 0) is 29.0 Å². The number of fused-ring (bicyclic) bond motifs is 1. The van der Waals surface area contributed by atoms with Crippen molar-refractivity contribution in [1.29, 1.82) is 0 Å². The summed E-state index contributed by atoms with van der Waals surface area (Å²) in [6, 6.07) is 9.83. The van der Waals surface area contributed by atoms with Gasteiger partial charge in [-0.3, -0.25) is 9.78 Å². The van der Waals surface area contributed by atoms with Crippen LogP contribution in [0, 0.1) is 5.41 Å². The number of aromatic nitrogens is 2. The van der Waals surface area contributed by atoms with Crippen LogP contribution in [0.1, 0.15) is 109 Å². The number of hydrogen-bond donors (Lipinski definition) is 2. The second kappa shape index (κ2) is 19.7. The van der Waals surface area contributed by atoms with E-state index in [4.69, 9.17) is 10.5 Å². The largest absolute Gasteiger partial charge is 0.406 e. The molecule has 7 nitrogen and oxygen atoms in total. The summed E-state index contributed by atoms with van der Waals surface area (Å²) in [7, 11) is 0. The zero-order chi connectivity index (χ0) is 35.9. The molecule has 4 rings (SSSR count). The first-order valence-electron chi connectivity index (χ1n) is 17.6. The normalized spacial score (nSPS) is 15.1. The number of aryl methyl sites for hydroxylation is 1. The van der Waals surface area contributed by atoms with E-state index in [0.29, 0.717) is 42.8 Å². The maximum Gasteiger partial charge on any atom is 0.406 e. The molecule has 1 saturated heterocycles. The number of rotatable bonds is 15. The molecule has 10 heteroatoms. The molecule has 4 N–H and O–H groups in total. The van der Waals surface area contributed by atoms with Crippen molar-refractivity contribution in [3.8, 4) is 11.3 Å². The van der Waals surface area contributed by atoms with Crippen LogP contribution in [0.15, 0.2) is 36.5 Å². The Labute approximate surface area is 285 Å². The van der Waals surface area contributed by atoms with E-state index in [1.54, 1.807) is 13.1 Å². The summed E-state index contributed by atoms with van der Waals surface area (Å²) in [6.07, 6.45) is 5.53. The molecule has 3 heterocycles. The van der Waals surface area contributed by atoms with E-state index in [0.717, 1.165) is 61.2 Å². The Morgan fingerprint density at radius 2 is 1.79 bits per heavy atom. The van der Waals surface area contributed by atoms with Gasteiger partial charge in [-0.25, -0.2) is 0 Å². The highest BCUT2D eigenvalue weighted by Gasteiger charge is 2.34. The fourth-order valence-corrected chi connectivity index (χ4v) is 6.68. The van der Waals surface area contributed by atoms with Crippen LogP contribution in [-0.4, -0.2) is 59.0 Å². The first-order valence-corrected chi connectivity index (χ1v) is 17.6. The summed E-state index contributed by atoms with van der Waals surface area (Å²) < 4.78 is 43.9. The average Bonchev–Trinajstić information content (AvgIpc) is 3.63. The van der Waals surface area contributed by atoms with Gasteiger partial charge in [0.05, 0.1) is 5.69 Å².